The van der Waals surface area contributed by atoms with E-state index in [0.29, 0.717) is 11.8 Å². The average molecular weight is 488 g/mol. The maximum atomic E-state index is 13.1. The van der Waals surface area contributed by atoms with Crippen LogP contribution in [-0.2, 0) is 4.79 Å². The van der Waals surface area contributed by atoms with Crippen molar-refractivity contribution in [2.75, 3.05) is 5.32 Å². The fourth-order valence-corrected chi connectivity index (χ4v) is 8.75. The number of hydrogen-bond acceptors (Lipinski definition) is 3. The zero-order valence-electron chi connectivity index (χ0n) is 18.0. The molecule has 1 aromatic carbocycles. The number of anilines is 1. The Morgan fingerprint density at radius 3 is 2.44 bits per heavy atom. The zero-order chi connectivity index (χ0) is 21.7. The van der Waals surface area contributed by atoms with Gasteiger partial charge in [-0.3, -0.25) is 0 Å². The van der Waals surface area contributed by atoms with E-state index in [2.05, 4.69) is 10.3 Å². The van der Waals surface area contributed by atoms with E-state index >= 15 is 0 Å². The Kier molecular flexibility index (Phi) is 4.98. The summed E-state index contributed by atoms with van der Waals surface area (Å²) in [7, 11) is 0. The molecule has 1 radical (unpaired) electrons. The average Bonchev–Trinajstić information content (AvgIpc) is 2.75. The van der Waals surface area contributed by atoms with Gasteiger partial charge >= 0.3 is 195 Å². The van der Waals surface area contributed by atoms with Crippen molar-refractivity contribution in [1.29, 1.82) is 0 Å². The molecule has 0 saturated heterocycles. The Morgan fingerprint density at radius 2 is 1.75 bits per heavy atom. The summed E-state index contributed by atoms with van der Waals surface area (Å²) in [6.07, 6.45) is 12.1. The van der Waals surface area contributed by atoms with E-state index in [1.165, 1.54) is 38.5 Å². The Balaban J connectivity index is 1.23. The number of benzene rings is 1. The molecule has 6 heteroatoms. The van der Waals surface area contributed by atoms with E-state index in [9.17, 15) is 9.59 Å². The molecular formula is C26H27AsN3O2. The zero-order valence-corrected chi connectivity index (χ0v) is 19.9. The maximum absolute atomic E-state index is 13.1. The molecule has 7 rings (SSSR count). The van der Waals surface area contributed by atoms with Crippen LogP contribution in [0.4, 0.5) is 5.69 Å². The van der Waals surface area contributed by atoms with E-state index in [0.717, 1.165) is 33.3 Å². The molecule has 2 heterocycles. The van der Waals surface area contributed by atoms with Crippen molar-refractivity contribution >= 4 is 42.8 Å². The fourth-order valence-electron chi connectivity index (χ4n) is 7.02. The molecule has 1 amide bonds. The van der Waals surface area contributed by atoms with Crippen molar-refractivity contribution in [2.24, 2.45) is 23.2 Å². The van der Waals surface area contributed by atoms with Gasteiger partial charge in [-0.2, -0.15) is 0 Å². The number of carbonyl (C=O) groups excluding carboxylic acids is 1. The normalized spacial score (nSPS) is 28.6. The number of pyridine rings is 2. The Hall–Kier alpha value is -2.39. The Labute approximate surface area is 194 Å². The minimum absolute atomic E-state index is 0.0228. The van der Waals surface area contributed by atoms with Gasteiger partial charge in [0.05, 0.1) is 0 Å². The van der Waals surface area contributed by atoms with Crippen molar-refractivity contribution in [2.45, 2.75) is 44.9 Å². The molecule has 0 unspecified atom stereocenters. The van der Waals surface area contributed by atoms with Crippen LogP contribution >= 0.6 is 0 Å². The van der Waals surface area contributed by atoms with Crippen LogP contribution in [-0.4, -0.2) is 30.4 Å². The summed E-state index contributed by atoms with van der Waals surface area (Å²) in [5.74, 6) is 2.62. The molecule has 2 aromatic heterocycles. The second kappa shape index (κ2) is 7.88. The summed E-state index contributed by atoms with van der Waals surface area (Å²) in [5.41, 5.74) is 0.934. The fraction of sp³-hybridized carbons (Fsp3) is 0.423. The number of aromatic nitrogens is 2. The number of carbonyl (C=O) groups is 1. The van der Waals surface area contributed by atoms with Gasteiger partial charge in [-0.05, 0) is 0 Å². The summed E-state index contributed by atoms with van der Waals surface area (Å²) in [5, 5.41) is 4.62. The topological polar surface area (TPSA) is 64.0 Å². The van der Waals surface area contributed by atoms with Gasteiger partial charge in [0.15, 0.2) is 0 Å². The van der Waals surface area contributed by atoms with Crippen molar-refractivity contribution in [3.05, 3.63) is 65.2 Å². The van der Waals surface area contributed by atoms with Gasteiger partial charge in [-0.1, -0.05) is 0 Å². The molecule has 5 nitrogen and oxygen atoms in total. The van der Waals surface area contributed by atoms with Crippen LogP contribution in [0.1, 0.15) is 44.9 Å². The molecule has 3 aromatic rings. The van der Waals surface area contributed by atoms with Crippen LogP contribution < -0.4 is 15.4 Å². The predicted molar refractivity (Wildman–Crippen MR) is 127 cm³/mol. The third-order valence-electron chi connectivity index (χ3n) is 7.76. The number of nitrogens with one attached hydrogen (secondary N) is 1. The SMILES string of the molecule is O=C(CC12CC3CC(CC(C3)C1)C2)Nc1cccc2c(=O)n([As]c3ccccn3)ccc12. The standard InChI is InChI=1S/C26H27AsN3O2/c31-24(16-26-13-17-10-18(14-26)12-19(11-17)15-26)29-22-5-3-4-21-20(22)7-9-30(25(21)32)27-23-6-1-2-8-28-23/h1-9,17-19H,10-16H2,(H,29,31). The van der Waals surface area contributed by atoms with Gasteiger partial charge in [0, 0.05) is 0 Å². The quantitative estimate of drug-likeness (QED) is 0.557. The van der Waals surface area contributed by atoms with Gasteiger partial charge in [-0.15, -0.1) is 0 Å². The van der Waals surface area contributed by atoms with Crippen molar-refractivity contribution in [3.8, 4) is 0 Å². The minimum atomic E-state index is -0.541. The van der Waals surface area contributed by atoms with Gasteiger partial charge < -0.3 is 0 Å². The van der Waals surface area contributed by atoms with Gasteiger partial charge in [0.25, 0.3) is 0 Å². The van der Waals surface area contributed by atoms with E-state index in [-0.39, 0.29) is 16.9 Å². The molecule has 163 valence electrons. The summed E-state index contributed by atoms with van der Waals surface area (Å²) >= 11 is -0.541. The number of rotatable bonds is 5. The van der Waals surface area contributed by atoms with E-state index < -0.39 is 16.0 Å². The van der Waals surface area contributed by atoms with E-state index in [4.69, 9.17) is 0 Å². The molecule has 4 fully saturated rings. The first-order valence-electron chi connectivity index (χ1n) is 11.6. The summed E-state index contributed by atoms with van der Waals surface area (Å²) in [6.45, 7) is 0. The monoisotopic (exact) mass is 488 g/mol. The van der Waals surface area contributed by atoms with Gasteiger partial charge in [0.2, 0.25) is 0 Å². The van der Waals surface area contributed by atoms with E-state index in [1.54, 1.807) is 9.68 Å². The van der Waals surface area contributed by atoms with Crippen molar-refractivity contribution in [1.82, 2.24) is 8.47 Å². The number of fused-ring (bicyclic) bond motifs is 1. The first-order valence-corrected chi connectivity index (χ1v) is 13.4. The molecule has 0 aliphatic heterocycles. The van der Waals surface area contributed by atoms with Crippen molar-refractivity contribution < 1.29 is 4.79 Å². The Morgan fingerprint density at radius 1 is 1.00 bits per heavy atom. The van der Waals surface area contributed by atoms with Gasteiger partial charge in [0.1, 0.15) is 0 Å². The molecule has 1 N–H and O–H groups in total. The van der Waals surface area contributed by atoms with Crippen LogP contribution in [0.15, 0.2) is 59.7 Å². The number of amides is 1. The van der Waals surface area contributed by atoms with E-state index in [1.807, 2.05) is 48.7 Å². The molecule has 32 heavy (non-hydrogen) atoms. The number of nitrogens with zero attached hydrogens (tertiary/aromatic N) is 2. The third-order valence-corrected chi connectivity index (χ3v) is 9.86. The summed E-state index contributed by atoms with van der Waals surface area (Å²) < 4.78 is 2.70. The van der Waals surface area contributed by atoms with Crippen LogP contribution in [0.3, 0.4) is 0 Å². The third kappa shape index (κ3) is 3.71. The van der Waals surface area contributed by atoms with Crippen LogP contribution in [0.2, 0.25) is 0 Å². The molecule has 4 bridgehead atoms. The summed E-state index contributed by atoms with van der Waals surface area (Å²) in [6, 6.07) is 13.4. The second-order valence-electron chi connectivity index (χ2n) is 10.2. The molecular weight excluding hydrogens is 461 g/mol. The molecule has 4 aliphatic rings. The molecule has 4 saturated carbocycles. The summed E-state index contributed by atoms with van der Waals surface area (Å²) in [4.78, 5) is 30.6. The van der Waals surface area contributed by atoms with Gasteiger partial charge in [-0.25, -0.2) is 0 Å². The molecule has 0 atom stereocenters. The van der Waals surface area contributed by atoms with Crippen LogP contribution in [0, 0.1) is 23.2 Å². The predicted octanol–water partition coefficient (Wildman–Crippen LogP) is 3.73. The first-order chi connectivity index (χ1) is 15.6. The molecule has 4 aliphatic carbocycles. The van der Waals surface area contributed by atoms with Crippen LogP contribution in [0.25, 0.3) is 10.8 Å². The molecule has 0 spiro atoms. The van der Waals surface area contributed by atoms with Crippen molar-refractivity contribution in [3.63, 3.8) is 0 Å². The first kappa shape index (κ1) is 20.2. The Bertz CT molecular complexity index is 1200. The van der Waals surface area contributed by atoms with Crippen LogP contribution in [0.5, 0.6) is 0 Å². The second-order valence-corrected chi connectivity index (χ2v) is 12.4. The number of hydrogen-bond donors (Lipinski definition) is 1.